The fourth-order valence-electron chi connectivity index (χ4n) is 1.32. The van der Waals surface area contributed by atoms with Crippen LogP contribution in [0.3, 0.4) is 0 Å². The summed E-state index contributed by atoms with van der Waals surface area (Å²) in [5.74, 6) is -0.928. The van der Waals surface area contributed by atoms with Crippen LogP contribution in [0.25, 0.3) is 0 Å². The molecule has 0 aromatic heterocycles. The summed E-state index contributed by atoms with van der Waals surface area (Å²) >= 11 is 0. The van der Waals surface area contributed by atoms with Gasteiger partial charge in [-0.15, -0.1) is 0 Å². The Balaban J connectivity index is 2.52. The van der Waals surface area contributed by atoms with E-state index in [1.165, 1.54) is 0 Å². The summed E-state index contributed by atoms with van der Waals surface area (Å²) in [6.45, 7) is 0. The molecular formula is C8H12O3. The predicted octanol–water partition coefficient (Wildman–Crippen LogP) is 0.932. The standard InChI is InChI=1S/C8H12O3/c9-7(10)6-8(11)4-2-1-3-5-8/h1-2,11H,3-6H2,(H,9,10). The molecule has 2 N–H and O–H groups in total. The van der Waals surface area contributed by atoms with Crippen molar-refractivity contribution in [2.75, 3.05) is 0 Å². The Morgan fingerprint density at radius 1 is 1.55 bits per heavy atom. The van der Waals surface area contributed by atoms with Crippen molar-refractivity contribution in [2.45, 2.75) is 31.3 Å². The lowest BCUT2D eigenvalue weighted by Crippen LogP contribution is -2.32. The molecule has 11 heavy (non-hydrogen) atoms. The minimum atomic E-state index is -0.986. The molecule has 0 heterocycles. The maximum atomic E-state index is 10.3. The van der Waals surface area contributed by atoms with E-state index in [9.17, 15) is 9.90 Å². The van der Waals surface area contributed by atoms with Gasteiger partial charge >= 0.3 is 5.97 Å². The highest BCUT2D eigenvalue weighted by Gasteiger charge is 2.29. The molecule has 62 valence electrons. The molecule has 0 aromatic rings. The molecule has 3 heteroatoms. The number of carbonyl (C=O) groups is 1. The second-order valence-corrected chi connectivity index (χ2v) is 3.01. The molecule has 0 fully saturated rings. The molecule has 0 aromatic carbocycles. The van der Waals surface area contributed by atoms with Crippen molar-refractivity contribution in [3.63, 3.8) is 0 Å². The van der Waals surface area contributed by atoms with Gasteiger partial charge in [0.15, 0.2) is 0 Å². The summed E-state index contributed by atoms with van der Waals surface area (Å²) in [5.41, 5.74) is -0.986. The number of hydrogen-bond acceptors (Lipinski definition) is 2. The van der Waals surface area contributed by atoms with Crippen molar-refractivity contribution < 1.29 is 15.0 Å². The van der Waals surface area contributed by atoms with Gasteiger partial charge in [-0.1, -0.05) is 12.2 Å². The maximum Gasteiger partial charge on any atom is 0.306 e. The normalized spacial score (nSPS) is 30.3. The highest BCUT2D eigenvalue weighted by atomic mass is 16.4. The fourth-order valence-corrected chi connectivity index (χ4v) is 1.32. The van der Waals surface area contributed by atoms with E-state index in [2.05, 4.69) is 0 Å². The monoisotopic (exact) mass is 156 g/mol. The van der Waals surface area contributed by atoms with Crippen molar-refractivity contribution in [2.24, 2.45) is 0 Å². The Bertz CT molecular complexity index is 186. The molecule has 0 bridgehead atoms. The van der Waals surface area contributed by atoms with Gasteiger partial charge in [-0.25, -0.2) is 0 Å². The molecule has 0 spiro atoms. The first-order valence-corrected chi connectivity index (χ1v) is 3.72. The average molecular weight is 156 g/mol. The van der Waals surface area contributed by atoms with Crippen LogP contribution >= 0.6 is 0 Å². The van der Waals surface area contributed by atoms with E-state index in [0.29, 0.717) is 12.8 Å². The topological polar surface area (TPSA) is 57.5 Å². The third-order valence-corrected chi connectivity index (χ3v) is 1.92. The first-order valence-electron chi connectivity index (χ1n) is 3.72. The summed E-state index contributed by atoms with van der Waals surface area (Å²) in [7, 11) is 0. The fraction of sp³-hybridized carbons (Fsp3) is 0.625. The molecule has 3 nitrogen and oxygen atoms in total. The maximum absolute atomic E-state index is 10.3. The number of hydrogen-bond donors (Lipinski definition) is 2. The zero-order chi connectivity index (χ0) is 8.32. The SMILES string of the molecule is O=C(O)CC1(O)CC=CCC1. The van der Waals surface area contributed by atoms with Gasteiger partial charge in [-0.3, -0.25) is 4.79 Å². The molecule has 1 atom stereocenters. The van der Waals surface area contributed by atoms with E-state index in [4.69, 9.17) is 5.11 Å². The molecular weight excluding hydrogens is 144 g/mol. The van der Waals surface area contributed by atoms with E-state index in [1.807, 2.05) is 12.2 Å². The van der Waals surface area contributed by atoms with E-state index in [-0.39, 0.29) is 6.42 Å². The summed E-state index contributed by atoms with van der Waals surface area (Å²) < 4.78 is 0. The van der Waals surface area contributed by atoms with Crippen LogP contribution in [-0.4, -0.2) is 21.8 Å². The summed E-state index contributed by atoms with van der Waals surface area (Å²) in [5, 5.41) is 18.1. The molecule has 1 aliphatic rings. The third kappa shape index (κ3) is 2.35. The van der Waals surface area contributed by atoms with Crippen LogP contribution in [0.15, 0.2) is 12.2 Å². The number of aliphatic carboxylic acids is 1. The molecule has 0 saturated carbocycles. The summed E-state index contributed by atoms with van der Waals surface area (Å²) in [6.07, 6.45) is 5.49. The molecule has 1 aliphatic carbocycles. The highest BCUT2D eigenvalue weighted by Crippen LogP contribution is 2.26. The van der Waals surface area contributed by atoms with Crippen LogP contribution in [0, 0.1) is 0 Å². The van der Waals surface area contributed by atoms with Crippen LogP contribution in [0.1, 0.15) is 25.7 Å². The Morgan fingerprint density at radius 2 is 2.27 bits per heavy atom. The first-order chi connectivity index (χ1) is 5.12. The first kappa shape index (κ1) is 8.27. The summed E-state index contributed by atoms with van der Waals surface area (Å²) in [4.78, 5) is 10.3. The Kier molecular flexibility index (Phi) is 2.29. The van der Waals surface area contributed by atoms with Crippen LogP contribution in [0.4, 0.5) is 0 Å². The number of carboxylic acid groups (broad SMARTS) is 1. The van der Waals surface area contributed by atoms with Gasteiger partial charge in [0.1, 0.15) is 0 Å². The van der Waals surface area contributed by atoms with E-state index < -0.39 is 11.6 Å². The number of carboxylic acids is 1. The quantitative estimate of drug-likeness (QED) is 0.585. The second-order valence-electron chi connectivity index (χ2n) is 3.01. The molecule has 0 saturated heterocycles. The molecule has 1 rings (SSSR count). The Hall–Kier alpha value is -0.830. The molecule has 1 unspecified atom stereocenters. The second kappa shape index (κ2) is 3.05. The van der Waals surface area contributed by atoms with Crippen LogP contribution < -0.4 is 0 Å². The van der Waals surface area contributed by atoms with Gasteiger partial charge < -0.3 is 10.2 Å². The molecule has 0 amide bonds. The van der Waals surface area contributed by atoms with Gasteiger partial charge in [0, 0.05) is 0 Å². The van der Waals surface area contributed by atoms with Crippen LogP contribution in [0.2, 0.25) is 0 Å². The van der Waals surface area contributed by atoms with E-state index >= 15 is 0 Å². The minimum Gasteiger partial charge on any atom is -0.481 e. The third-order valence-electron chi connectivity index (χ3n) is 1.92. The van der Waals surface area contributed by atoms with Gasteiger partial charge in [0.25, 0.3) is 0 Å². The Labute approximate surface area is 65.3 Å². The van der Waals surface area contributed by atoms with Crippen LogP contribution in [-0.2, 0) is 4.79 Å². The number of aliphatic hydroxyl groups is 1. The van der Waals surface area contributed by atoms with E-state index in [0.717, 1.165) is 6.42 Å². The van der Waals surface area contributed by atoms with Crippen LogP contribution in [0.5, 0.6) is 0 Å². The predicted molar refractivity (Wildman–Crippen MR) is 40.2 cm³/mol. The summed E-state index contributed by atoms with van der Waals surface area (Å²) in [6, 6.07) is 0. The smallest absolute Gasteiger partial charge is 0.306 e. The van der Waals surface area contributed by atoms with Gasteiger partial charge in [-0.05, 0) is 19.3 Å². The van der Waals surface area contributed by atoms with Gasteiger partial charge in [-0.2, -0.15) is 0 Å². The highest BCUT2D eigenvalue weighted by molar-refractivity contribution is 5.68. The molecule has 0 radical (unpaired) electrons. The lowest BCUT2D eigenvalue weighted by atomic mass is 9.87. The minimum absolute atomic E-state index is 0.142. The lowest BCUT2D eigenvalue weighted by molar-refractivity contribution is -0.142. The van der Waals surface area contributed by atoms with E-state index in [1.54, 1.807) is 0 Å². The van der Waals surface area contributed by atoms with Crippen molar-refractivity contribution in [3.8, 4) is 0 Å². The largest absolute Gasteiger partial charge is 0.481 e. The van der Waals surface area contributed by atoms with Crippen molar-refractivity contribution in [3.05, 3.63) is 12.2 Å². The zero-order valence-corrected chi connectivity index (χ0v) is 6.29. The van der Waals surface area contributed by atoms with Crippen molar-refractivity contribution >= 4 is 5.97 Å². The Morgan fingerprint density at radius 3 is 2.73 bits per heavy atom. The van der Waals surface area contributed by atoms with Crippen molar-refractivity contribution in [1.29, 1.82) is 0 Å². The number of rotatable bonds is 2. The van der Waals surface area contributed by atoms with Crippen molar-refractivity contribution in [1.82, 2.24) is 0 Å². The number of allylic oxidation sites excluding steroid dienone is 1. The van der Waals surface area contributed by atoms with Gasteiger partial charge in [0.05, 0.1) is 12.0 Å². The zero-order valence-electron chi connectivity index (χ0n) is 6.29. The van der Waals surface area contributed by atoms with Gasteiger partial charge in [0.2, 0.25) is 0 Å². The molecule has 0 aliphatic heterocycles. The average Bonchev–Trinajstić information content (AvgIpc) is 1.85. The lowest BCUT2D eigenvalue weighted by Gasteiger charge is -2.26.